The molecule has 0 radical (unpaired) electrons. The number of carbonyl (C=O) groups excluding carboxylic acids is 2. The molecule has 4 N–H and O–H groups in total. The van der Waals surface area contributed by atoms with Gasteiger partial charge in [-0.25, -0.2) is 18.4 Å². The highest BCUT2D eigenvalue weighted by atomic mass is 19.1. The summed E-state index contributed by atoms with van der Waals surface area (Å²) in [6.45, 7) is 2.96. The molecule has 2 aromatic rings. The number of urea groups is 2. The van der Waals surface area contributed by atoms with Gasteiger partial charge in [0.15, 0.2) is 0 Å². The maximum absolute atomic E-state index is 12.8. The van der Waals surface area contributed by atoms with Gasteiger partial charge in [0.1, 0.15) is 11.6 Å². The lowest BCUT2D eigenvalue weighted by Crippen LogP contribution is -2.33. The normalized spacial score (nSPS) is 11.4. The van der Waals surface area contributed by atoms with Crippen LogP contribution in [0.5, 0.6) is 0 Å². The smallest absolute Gasteiger partial charge is 0.319 e. The summed E-state index contributed by atoms with van der Waals surface area (Å²) in [6.07, 6.45) is 1.56. The second-order valence-corrected chi connectivity index (χ2v) is 6.48. The largest absolute Gasteiger partial charge is 0.338 e. The third kappa shape index (κ3) is 8.03. The van der Waals surface area contributed by atoms with Crippen LogP contribution in [0.15, 0.2) is 48.5 Å². The fourth-order valence-corrected chi connectivity index (χ4v) is 2.44. The summed E-state index contributed by atoms with van der Waals surface area (Å²) in [6, 6.07) is 10.3. The van der Waals surface area contributed by atoms with Crippen molar-refractivity contribution in [1.82, 2.24) is 10.6 Å². The van der Waals surface area contributed by atoms with E-state index in [0.717, 1.165) is 12.8 Å². The van der Waals surface area contributed by atoms with Crippen LogP contribution >= 0.6 is 0 Å². The van der Waals surface area contributed by atoms with E-state index in [9.17, 15) is 18.4 Å². The maximum Gasteiger partial charge on any atom is 0.319 e. The first-order valence-corrected chi connectivity index (χ1v) is 9.03. The van der Waals surface area contributed by atoms with Crippen molar-refractivity contribution in [3.05, 3.63) is 60.2 Å². The van der Waals surface area contributed by atoms with E-state index in [-0.39, 0.29) is 29.6 Å². The molecule has 6 nitrogen and oxygen atoms in total. The summed E-state index contributed by atoms with van der Waals surface area (Å²) >= 11 is 0. The van der Waals surface area contributed by atoms with E-state index < -0.39 is 0 Å². The fourth-order valence-electron chi connectivity index (χ4n) is 2.44. The number of benzene rings is 2. The molecule has 0 aliphatic heterocycles. The highest BCUT2D eigenvalue weighted by Gasteiger charge is 2.07. The lowest BCUT2D eigenvalue weighted by Gasteiger charge is -2.14. The highest BCUT2D eigenvalue weighted by Crippen LogP contribution is 2.09. The number of nitrogens with one attached hydrogen (secondary N) is 4. The molecular formula is C20H24F2N4O2. The zero-order valence-electron chi connectivity index (χ0n) is 15.6. The first-order valence-electron chi connectivity index (χ1n) is 9.03. The molecular weight excluding hydrogens is 366 g/mol. The van der Waals surface area contributed by atoms with Gasteiger partial charge in [-0.3, -0.25) is 0 Å². The minimum absolute atomic E-state index is 0.223. The zero-order valence-corrected chi connectivity index (χ0v) is 15.6. The first-order chi connectivity index (χ1) is 13.4. The van der Waals surface area contributed by atoms with Gasteiger partial charge >= 0.3 is 12.1 Å². The molecule has 150 valence electrons. The van der Waals surface area contributed by atoms with Crippen LogP contribution in [0.1, 0.15) is 19.8 Å². The monoisotopic (exact) mass is 390 g/mol. The molecule has 2 aromatic carbocycles. The van der Waals surface area contributed by atoms with Crippen molar-refractivity contribution in [3.63, 3.8) is 0 Å². The van der Waals surface area contributed by atoms with Crippen LogP contribution in [-0.4, -0.2) is 25.2 Å². The fraction of sp³-hybridized carbons (Fsp3) is 0.300. The lowest BCUT2D eigenvalue weighted by molar-refractivity contribution is 0.250. The second kappa shape index (κ2) is 10.9. The predicted octanol–water partition coefficient (Wildman–Crippen LogP) is 4.32. The zero-order chi connectivity index (χ0) is 20.4. The molecule has 0 aromatic heterocycles. The van der Waals surface area contributed by atoms with E-state index in [0.29, 0.717) is 24.5 Å². The Balaban J connectivity index is 1.56. The SMILES string of the molecule is C[C@@H](CCCNC(=O)Nc1ccc(F)cc1)CNC(=O)Nc1ccc(F)cc1. The number of amides is 4. The van der Waals surface area contributed by atoms with Gasteiger partial charge in [-0.05, 0) is 67.3 Å². The van der Waals surface area contributed by atoms with Crippen molar-refractivity contribution in [2.75, 3.05) is 23.7 Å². The van der Waals surface area contributed by atoms with Crippen LogP contribution in [0.2, 0.25) is 0 Å². The van der Waals surface area contributed by atoms with E-state index >= 15 is 0 Å². The van der Waals surface area contributed by atoms with Gasteiger partial charge in [0.25, 0.3) is 0 Å². The van der Waals surface area contributed by atoms with Crippen molar-refractivity contribution in [3.8, 4) is 0 Å². The Morgan fingerprint density at radius 3 is 1.79 bits per heavy atom. The van der Waals surface area contributed by atoms with Gasteiger partial charge in [-0.1, -0.05) is 6.92 Å². The summed E-state index contributed by atoms with van der Waals surface area (Å²) in [7, 11) is 0. The quantitative estimate of drug-likeness (QED) is 0.506. The molecule has 0 unspecified atom stereocenters. The van der Waals surface area contributed by atoms with Crippen molar-refractivity contribution in [2.45, 2.75) is 19.8 Å². The van der Waals surface area contributed by atoms with E-state index in [1.165, 1.54) is 48.5 Å². The molecule has 2 rings (SSSR count). The Hall–Kier alpha value is -3.16. The van der Waals surface area contributed by atoms with Gasteiger partial charge in [-0.2, -0.15) is 0 Å². The molecule has 0 aliphatic carbocycles. The summed E-state index contributed by atoms with van der Waals surface area (Å²) < 4.78 is 25.6. The molecule has 0 fully saturated rings. The topological polar surface area (TPSA) is 82.3 Å². The van der Waals surface area contributed by atoms with Gasteiger partial charge in [0.05, 0.1) is 0 Å². The Morgan fingerprint density at radius 1 is 0.821 bits per heavy atom. The summed E-state index contributed by atoms with van der Waals surface area (Å²) in [5, 5.41) is 10.7. The van der Waals surface area contributed by atoms with Crippen LogP contribution in [-0.2, 0) is 0 Å². The molecule has 0 aliphatic rings. The van der Waals surface area contributed by atoms with Crippen molar-refractivity contribution >= 4 is 23.4 Å². The molecule has 0 bridgehead atoms. The van der Waals surface area contributed by atoms with Crippen LogP contribution in [0.25, 0.3) is 0 Å². The van der Waals surface area contributed by atoms with Gasteiger partial charge < -0.3 is 21.3 Å². The minimum Gasteiger partial charge on any atom is -0.338 e. The minimum atomic E-state index is -0.362. The van der Waals surface area contributed by atoms with Crippen LogP contribution < -0.4 is 21.3 Å². The maximum atomic E-state index is 12.8. The molecule has 0 spiro atoms. The average Bonchev–Trinajstić information content (AvgIpc) is 2.67. The number of anilines is 2. The molecule has 0 heterocycles. The first kappa shape index (κ1) is 21.1. The number of hydrogen-bond donors (Lipinski definition) is 4. The van der Waals surface area contributed by atoms with Gasteiger partial charge in [0.2, 0.25) is 0 Å². The molecule has 0 saturated heterocycles. The predicted molar refractivity (Wildman–Crippen MR) is 105 cm³/mol. The number of hydrogen-bond acceptors (Lipinski definition) is 2. The second-order valence-electron chi connectivity index (χ2n) is 6.48. The van der Waals surface area contributed by atoms with Crippen LogP contribution in [0.3, 0.4) is 0 Å². The van der Waals surface area contributed by atoms with Crippen molar-refractivity contribution in [1.29, 1.82) is 0 Å². The van der Waals surface area contributed by atoms with Crippen molar-refractivity contribution in [2.24, 2.45) is 5.92 Å². The van der Waals surface area contributed by atoms with Crippen LogP contribution in [0, 0.1) is 17.6 Å². The Morgan fingerprint density at radius 2 is 1.29 bits per heavy atom. The Kier molecular flexibility index (Phi) is 8.20. The number of carbonyl (C=O) groups is 2. The van der Waals surface area contributed by atoms with Crippen molar-refractivity contribution < 1.29 is 18.4 Å². The number of rotatable bonds is 8. The lowest BCUT2D eigenvalue weighted by atomic mass is 10.1. The Labute approximate surface area is 162 Å². The summed E-state index contributed by atoms with van der Waals surface area (Å²) in [5.74, 6) is -0.500. The standard InChI is InChI=1S/C20H24F2N4O2/c1-14(13-24-20(28)26-18-10-6-16(22)7-11-18)3-2-12-23-19(27)25-17-8-4-15(21)5-9-17/h4-11,14H,2-3,12-13H2,1H3,(H2,23,25,27)(H2,24,26,28)/t14-/m0/s1. The van der Waals surface area contributed by atoms with E-state index in [2.05, 4.69) is 21.3 Å². The molecule has 28 heavy (non-hydrogen) atoms. The van der Waals surface area contributed by atoms with Crippen LogP contribution in [0.4, 0.5) is 29.7 Å². The average molecular weight is 390 g/mol. The molecule has 8 heteroatoms. The van der Waals surface area contributed by atoms with E-state index in [4.69, 9.17) is 0 Å². The van der Waals surface area contributed by atoms with Gasteiger partial charge in [-0.15, -0.1) is 0 Å². The molecule has 1 atom stereocenters. The summed E-state index contributed by atoms with van der Waals surface area (Å²) in [5.41, 5.74) is 1.03. The third-order valence-corrected chi connectivity index (χ3v) is 3.97. The molecule has 0 saturated carbocycles. The van der Waals surface area contributed by atoms with Gasteiger partial charge in [0, 0.05) is 24.5 Å². The third-order valence-electron chi connectivity index (χ3n) is 3.97. The molecule has 4 amide bonds. The van der Waals surface area contributed by atoms with E-state index in [1.54, 1.807) is 0 Å². The van der Waals surface area contributed by atoms with E-state index in [1.807, 2.05) is 6.92 Å². The number of halogens is 2. The highest BCUT2D eigenvalue weighted by molar-refractivity contribution is 5.89. The summed E-state index contributed by atoms with van der Waals surface area (Å²) in [4.78, 5) is 23.6. The Bertz CT molecular complexity index is 767.